The van der Waals surface area contributed by atoms with Gasteiger partial charge in [0.25, 0.3) is 11.5 Å². The number of halogens is 6. The standard InChI is InChI=1S/C31H40F6N2O5/c1-6-9-22-18-23(29(42,30(32,33)34)31(35,36)37)14-15-27(22,4)44-17-8-7-16-39-25(40)28(5,38-26(39)41)21-10-12-24(13-11-21)43-19-20(2)3/h10-15,18,20,22,42H,6-9,16-17,19H2,1-5H3,(H,38,41). The van der Waals surface area contributed by atoms with Gasteiger partial charge in [-0.1, -0.05) is 57.6 Å². The topological polar surface area (TPSA) is 88.1 Å². The average Bonchev–Trinajstić information content (AvgIpc) is 3.15. The van der Waals surface area contributed by atoms with Crippen LogP contribution >= 0.6 is 0 Å². The van der Waals surface area contributed by atoms with Gasteiger partial charge in [0.2, 0.25) is 0 Å². The zero-order valence-corrected chi connectivity index (χ0v) is 25.4. The number of hydrogen-bond donors (Lipinski definition) is 2. The Kier molecular flexibility index (Phi) is 10.6. The van der Waals surface area contributed by atoms with Crippen LogP contribution in [0.5, 0.6) is 5.75 Å². The van der Waals surface area contributed by atoms with E-state index in [1.54, 1.807) is 45.0 Å². The Morgan fingerprint density at radius 3 is 2.18 bits per heavy atom. The zero-order chi connectivity index (χ0) is 33.1. The van der Waals surface area contributed by atoms with E-state index in [-0.39, 0.29) is 19.6 Å². The Balaban J connectivity index is 1.60. The third-order valence-corrected chi connectivity index (χ3v) is 8.03. The molecule has 0 aromatic heterocycles. The second kappa shape index (κ2) is 13.1. The normalized spacial score (nSPS) is 24.6. The number of nitrogens with one attached hydrogen (secondary N) is 1. The van der Waals surface area contributed by atoms with Crippen molar-refractivity contribution in [2.24, 2.45) is 11.8 Å². The number of rotatable bonds is 13. The minimum atomic E-state index is -5.98. The van der Waals surface area contributed by atoms with E-state index in [1.807, 2.05) is 13.8 Å². The fourth-order valence-electron chi connectivity index (χ4n) is 5.29. The molecule has 1 heterocycles. The molecular weight excluding hydrogens is 594 g/mol. The van der Waals surface area contributed by atoms with Gasteiger partial charge in [0, 0.05) is 19.1 Å². The molecule has 44 heavy (non-hydrogen) atoms. The molecule has 3 unspecified atom stereocenters. The van der Waals surface area contributed by atoms with Gasteiger partial charge in [0.1, 0.15) is 11.3 Å². The maximum Gasteiger partial charge on any atom is 0.430 e. The summed E-state index contributed by atoms with van der Waals surface area (Å²) >= 11 is 0. The molecule has 0 spiro atoms. The molecule has 2 N–H and O–H groups in total. The highest BCUT2D eigenvalue weighted by Crippen LogP contribution is 2.50. The first-order chi connectivity index (χ1) is 20.3. The maximum atomic E-state index is 13.4. The monoisotopic (exact) mass is 634 g/mol. The summed E-state index contributed by atoms with van der Waals surface area (Å²) < 4.78 is 92.2. The molecule has 13 heteroatoms. The molecule has 3 amide bonds. The van der Waals surface area contributed by atoms with Crippen molar-refractivity contribution in [2.75, 3.05) is 19.8 Å². The van der Waals surface area contributed by atoms with Crippen LogP contribution in [0.2, 0.25) is 0 Å². The van der Waals surface area contributed by atoms with Gasteiger partial charge in [-0.25, -0.2) is 4.79 Å². The van der Waals surface area contributed by atoms with Gasteiger partial charge in [-0.3, -0.25) is 9.69 Å². The number of amides is 3. The quantitative estimate of drug-likeness (QED) is 0.141. The lowest BCUT2D eigenvalue weighted by Gasteiger charge is -2.40. The molecule has 1 aromatic rings. The molecule has 1 saturated heterocycles. The first-order valence-electron chi connectivity index (χ1n) is 14.6. The summed E-state index contributed by atoms with van der Waals surface area (Å²) in [6, 6.07) is 6.36. The number of imide groups is 1. The van der Waals surface area contributed by atoms with E-state index in [1.165, 1.54) is 0 Å². The van der Waals surface area contributed by atoms with Gasteiger partial charge in [0.05, 0.1) is 12.2 Å². The van der Waals surface area contributed by atoms with Crippen molar-refractivity contribution in [3.63, 3.8) is 0 Å². The van der Waals surface area contributed by atoms with E-state index in [2.05, 4.69) is 5.32 Å². The molecule has 0 saturated carbocycles. The van der Waals surface area contributed by atoms with Crippen LogP contribution in [0.1, 0.15) is 65.9 Å². The first-order valence-corrected chi connectivity index (χ1v) is 14.6. The number of hydrogen-bond acceptors (Lipinski definition) is 5. The summed E-state index contributed by atoms with van der Waals surface area (Å²) in [6.45, 7) is 9.63. The van der Waals surface area contributed by atoms with Gasteiger partial charge in [-0.15, -0.1) is 0 Å². The Morgan fingerprint density at radius 1 is 1.02 bits per heavy atom. The minimum Gasteiger partial charge on any atom is -0.493 e. The van der Waals surface area contributed by atoms with E-state index in [4.69, 9.17) is 9.47 Å². The molecule has 0 radical (unpaired) electrons. The van der Waals surface area contributed by atoms with E-state index in [9.17, 15) is 41.0 Å². The van der Waals surface area contributed by atoms with E-state index in [0.29, 0.717) is 49.2 Å². The van der Waals surface area contributed by atoms with Crippen molar-refractivity contribution >= 4 is 11.9 Å². The molecule has 2 aliphatic rings. The van der Waals surface area contributed by atoms with Crippen molar-refractivity contribution < 1.29 is 50.5 Å². The second-order valence-corrected chi connectivity index (χ2v) is 12.0. The molecule has 0 bridgehead atoms. The number of unbranched alkanes of at least 4 members (excludes halogenated alkanes) is 1. The van der Waals surface area contributed by atoms with Gasteiger partial charge < -0.3 is 19.9 Å². The molecule has 1 aliphatic carbocycles. The predicted molar refractivity (Wildman–Crippen MR) is 151 cm³/mol. The molecule has 246 valence electrons. The van der Waals surface area contributed by atoms with Crippen LogP contribution in [0, 0.1) is 11.8 Å². The zero-order valence-electron chi connectivity index (χ0n) is 25.4. The Labute approximate surface area is 253 Å². The molecular formula is C31H40F6N2O5. The Morgan fingerprint density at radius 2 is 1.64 bits per heavy atom. The molecule has 1 fully saturated rings. The first kappa shape index (κ1) is 35.4. The SMILES string of the molecule is CCCC1C=C(C(O)(C(F)(F)F)C(F)(F)F)C=CC1(C)OCCCCN1C(=O)NC(C)(c2ccc(OCC(C)C)cc2)C1=O. The highest BCUT2D eigenvalue weighted by molar-refractivity contribution is 6.07. The molecule has 1 aromatic carbocycles. The molecule has 3 rings (SSSR count). The third kappa shape index (κ3) is 7.09. The summed E-state index contributed by atoms with van der Waals surface area (Å²) in [5, 5.41) is 12.6. The number of nitrogens with zero attached hydrogens (tertiary/aromatic N) is 1. The van der Waals surface area contributed by atoms with Crippen LogP contribution < -0.4 is 10.1 Å². The molecule has 1 aliphatic heterocycles. The number of urea groups is 1. The van der Waals surface area contributed by atoms with Crippen LogP contribution in [0.3, 0.4) is 0 Å². The largest absolute Gasteiger partial charge is 0.493 e. The summed E-state index contributed by atoms with van der Waals surface area (Å²) in [6.07, 6.45) is -8.08. The number of aliphatic hydroxyl groups is 1. The number of carbonyl (C=O) groups is 2. The number of benzene rings is 1. The van der Waals surface area contributed by atoms with Crippen molar-refractivity contribution in [1.29, 1.82) is 0 Å². The lowest BCUT2D eigenvalue weighted by molar-refractivity contribution is -0.351. The summed E-state index contributed by atoms with van der Waals surface area (Å²) in [5.74, 6) is -0.318. The van der Waals surface area contributed by atoms with Crippen molar-refractivity contribution in [2.45, 2.75) is 89.4 Å². The lowest BCUT2D eigenvalue weighted by Crippen LogP contribution is -2.58. The molecule has 3 atom stereocenters. The van der Waals surface area contributed by atoms with Gasteiger partial charge in [-0.05, 0) is 62.3 Å². The number of carbonyl (C=O) groups excluding carboxylic acids is 2. The smallest absolute Gasteiger partial charge is 0.430 e. The lowest BCUT2D eigenvalue weighted by atomic mass is 9.76. The van der Waals surface area contributed by atoms with Crippen LogP contribution in [-0.2, 0) is 15.1 Å². The number of ether oxygens (including phenoxy) is 2. The van der Waals surface area contributed by atoms with Gasteiger partial charge >= 0.3 is 18.4 Å². The van der Waals surface area contributed by atoms with Crippen molar-refractivity contribution in [1.82, 2.24) is 10.2 Å². The minimum absolute atomic E-state index is 0.0613. The van der Waals surface area contributed by atoms with E-state index < -0.39 is 52.5 Å². The summed E-state index contributed by atoms with van der Waals surface area (Å²) in [5.41, 5.74) is -8.21. The van der Waals surface area contributed by atoms with E-state index in [0.717, 1.165) is 17.1 Å². The summed E-state index contributed by atoms with van der Waals surface area (Å²) in [4.78, 5) is 27.0. The van der Waals surface area contributed by atoms with Crippen LogP contribution in [-0.4, -0.2) is 65.3 Å². The fourth-order valence-corrected chi connectivity index (χ4v) is 5.29. The van der Waals surface area contributed by atoms with Gasteiger partial charge in [0.15, 0.2) is 0 Å². The van der Waals surface area contributed by atoms with E-state index >= 15 is 0 Å². The molecule has 7 nitrogen and oxygen atoms in total. The van der Waals surface area contributed by atoms with Crippen molar-refractivity contribution in [3.8, 4) is 5.75 Å². The highest BCUT2D eigenvalue weighted by atomic mass is 19.4. The second-order valence-electron chi connectivity index (χ2n) is 12.0. The van der Waals surface area contributed by atoms with Crippen LogP contribution in [0.4, 0.5) is 31.1 Å². The third-order valence-electron chi connectivity index (χ3n) is 8.03. The Bertz CT molecular complexity index is 1230. The fraction of sp³-hybridized carbons (Fsp3) is 0.613. The van der Waals surface area contributed by atoms with Crippen LogP contribution in [0.25, 0.3) is 0 Å². The highest BCUT2D eigenvalue weighted by Gasteiger charge is 2.72. The maximum absolute atomic E-state index is 13.4. The number of alkyl halides is 6. The van der Waals surface area contributed by atoms with Crippen LogP contribution in [0.15, 0.2) is 48.1 Å². The van der Waals surface area contributed by atoms with Crippen molar-refractivity contribution in [3.05, 3.63) is 53.6 Å². The average molecular weight is 635 g/mol. The summed E-state index contributed by atoms with van der Waals surface area (Å²) in [7, 11) is 0. The Hall–Kier alpha value is -3.06. The van der Waals surface area contributed by atoms with Gasteiger partial charge in [-0.2, -0.15) is 26.3 Å². The predicted octanol–water partition coefficient (Wildman–Crippen LogP) is 6.81.